The molecule has 5 heteroatoms. The maximum atomic E-state index is 5.26. The minimum atomic E-state index is 0.00975. The Morgan fingerprint density at radius 3 is 2.67 bits per heavy atom. The Bertz CT molecular complexity index is 758. The Hall–Kier alpha value is -2.27. The fourth-order valence-corrected chi connectivity index (χ4v) is 1.96. The highest BCUT2D eigenvalue weighted by Gasteiger charge is 2.14. The maximum Gasteiger partial charge on any atom is 0.240 e. The van der Waals surface area contributed by atoms with E-state index in [9.17, 15) is 0 Å². The van der Waals surface area contributed by atoms with Gasteiger partial charge in [0.25, 0.3) is 0 Å². The van der Waals surface area contributed by atoms with Gasteiger partial charge in [-0.3, -0.25) is 0 Å². The van der Waals surface area contributed by atoms with E-state index in [2.05, 4.69) is 41.2 Å². The zero-order valence-corrected chi connectivity index (χ0v) is 12.4. The molecule has 0 saturated carbocycles. The number of nitrogens with zero attached hydrogens (tertiary/aromatic N) is 3. The van der Waals surface area contributed by atoms with Crippen LogP contribution in [-0.2, 0) is 6.54 Å². The molecule has 0 fully saturated rings. The topological polar surface area (TPSA) is 63.8 Å². The fourth-order valence-electron chi connectivity index (χ4n) is 1.96. The number of para-hydroxylation sites is 1. The molecule has 0 aliphatic carbocycles. The SMILES string of the molecule is CC(C)(C)NCc1nc(-c2ccc3ccccc3n2)no1. The molecule has 3 rings (SSSR count). The first kappa shape index (κ1) is 13.7. The van der Waals surface area contributed by atoms with Gasteiger partial charge >= 0.3 is 0 Å². The lowest BCUT2D eigenvalue weighted by molar-refractivity contribution is 0.336. The zero-order chi connectivity index (χ0) is 14.9. The van der Waals surface area contributed by atoms with E-state index in [1.807, 2.05) is 36.4 Å². The molecular weight excluding hydrogens is 264 g/mol. The van der Waals surface area contributed by atoms with Crippen LogP contribution in [0.1, 0.15) is 26.7 Å². The number of fused-ring (bicyclic) bond motifs is 1. The van der Waals surface area contributed by atoms with Crippen LogP contribution in [0.3, 0.4) is 0 Å². The van der Waals surface area contributed by atoms with Crippen LogP contribution in [0.4, 0.5) is 0 Å². The van der Waals surface area contributed by atoms with E-state index in [0.717, 1.165) is 16.6 Å². The molecule has 2 heterocycles. The number of rotatable bonds is 3. The highest BCUT2D eigenvalue weighted by molar-refractivity contribution is 5.80. The van der Waals surface area contributed by atoms with Crippen LogP contribution in [0.5, 0.6) is 0 Å². The van der Waals surface area contributed by atoms with Gasteiger partial charge in [0, 0.05) is 10.9 Å². The summed E-state index contributed by atoms with van der Waals surface area (Å²) in [4.78, 5) is 8.95. The monoisotopic (exact) mass is 282 g/mol. The molecule has 0 bridgehead atoms. The summed E-state index contributed by atoms with van der Waals surface area (Å²) in [6.07, 6.45) is 0. The largest absolute Gasteiger partial charge is 0.337 e. The lowest BCUT2D eigenvalue weighted by atomic mass is 10.1. The van der Waals surface area contributed by atoms with Gasteiger partial charge in [-0.1, -0.05) is 29.4 Å². The van der Waals surface area contributed by atoms with Crippen LogP contribution in [0.25, 0.3) is 22.4 Å². The summed E-state index contributed by atoms with van der Waals surface area (Å²) in [5.74, 6) is 1.08. The molecule has 3 aromatic rings. The fraction of sp³-hybridized carbons (Fsp3) is 0.312. The standard InChI is InChI=1S/C16H18N4O/c1-16(2,3)17-10-14-19-15(20-21-14)13-9-8-11-6-4-5-7-12(11)18-13/h4-9,17H,10H2,1-3H3. The number of pyridine rings is 1. The van der Waals surface area contributed by atoms with Gasteiger partial charge in [-0.15, -0.1) is 0 Å². The van der Waals surface area contributed by atoms with Crippen LogP contribution in [0.2, 0.25) is 0 Å². The van der Waals surface area contributed by atoms with Crippen molar-refractivity contribution in [2.24, 2.45) is 0 Å². The molecule has 0 saturated heterocycles. The zero-order valence-electron chi connectivity index (χ0n) is 12.4. The lowest BCUT2D eigenvalue weighted by Gasteiger charge is -2.18. The highest BCUT2D eigenvalue weighted by Crippen LogP contribution is 2.18. The van der Waals surface area contributed by atoms with Gasteiger partial charge in [-0.2, -0.15) is 4.98 Å². The van der Waals surface area contributed by atoms with Gasteiger partial charge in [-0.25, -0.2) is 4.98 Å². The van der Waals surface area contributed by atoms with E-state index < -0.39 is 0 Å². The van der Waals surface area contributed by atoms with Crippen molar-refractivity contribution in [2.75, 3.05) is 0 Å². The highest BCUT2D eigenvalue weighted by atomic mass is 16.5. The first-order valence-corrected chi connectivity index (χ1v) is 6.95. The molecule has 0 radical (unpaired) electrons. The molecule has 1 N–H and O–H groups in total. The van der Waals surface area contributed by atoms with E-state index in [1.165, 1.54) is 0 Å². The van der Waals surface area contributed by atoms with Crippen LogP contribution >= 0.6 is 0 Å². The second-order valence-corrected chi connectivity index (χ2v) is 6.00. The Balaban J connectivity index is 1.84. The number of benzene rings is 1. The summed E-state index contributed by atoms with van der Waals surface area (Å²) < 4.78 is 5.26. The Labute approximate surface area is 123 Å². The number of aromatic nitrogens is 3. The van der Waals surface area contributed by atoms with E-state index in [-0.39, 0.29) is 5.54 Å². The molecule has 0 unspecified atom stereocenters. The van der Waals surface area contributed by atoms with Gasteiger partial charge in [0.1, 0.15) is 5.69 Å². The molecule has 2 aromatic heterocycles. The van der Waals surface area contributed by atoms with Gasteiger partial charge in [0.2, 0.25) is 11.7 Å². The molecule has 0 aliphatic rings. The minimum absolute atomic E-state index is 0.00975. The quantitative estimate of drug-likeness (QED) is 0.799. The van der Waals surface area contributed by atoms with Gasteiger partial charge in [0.05, 0.1) is 12.1 Å². The molecule has 1 aromatic carbocycles. The molecule has 0 spiro atoms. The molecule has 0 atom stereocenters. The van der Waals surface area contributed by atoms with Crippen molar-refractivity contribution < 1.29 is 4.52 Å². The summed E-state index contributed by atoms with van der Waals surface area (Å²) in [6.45, 7) is 6.82. The van der Waals surface area contributed by atoms with Gasteiger partial charge in [-0.05, 0) is 32.9 Å². The second-order valence-electron chi connectivity index (χ2n) is 6.00. The predicted octanol–water partition coefficient (Wildman–Crippen LogP) is 3.17. The number of nitrogens with one attached hydrogen (secondary N) is 1. The molecule has 5 nitrogen and oxygen atoms in total. The summed E-state index contributed by atoms with van der Waals surface area (Å²) >= 11 is 0. The average molecular weight is 282 g/mol. The van der Waals surface area contributed by atoms with E-state index >= 15 is 0 Å². The van der Waals surface area contributed by atoms with Crippen molar-refractivity contribution >= 4 is 10.9 Å². The minimum Gasteiger partial charge on any atom is -0.337 e. The average Bonchev–Trinajstić information content (AvgIpc) is 2.93. The van der Waals surface area contributed by atoms with Crippen LogP contribution in [-0.4, -0.2) is 20.7 Å². The smallest absolute Gasteiger partial charge is 0.240 e. The van der Waals surface area contributed by atoms with Crippen LogP contribution in [0.15, 0.2) is 40.9 Å². The van der Waals surface area contributed by atoms with E-state index in [0.29, 0.717) is 18.3 Å². The number of hydrogen-bond acceptors (Lipinski definition) is 5. The summed E-state index contributed by atoms with van der Waals surface area (Å²) in [5, 5.41) is 8.42. The molecular formula is C16H18N4O. The van der Waals surface area contributed by atoms with Gasteiger partial charge < -0.3 is 9.84 Å². The van der Waals surface area contributed by atoms with Gasteiger partial charge in [0.15, 0.2) is 0 Å². The predicted molar refractivity (Wildman–Crippen MR) is 81.6 cm³/mol. The van der Waals surface area contributed by atoms with E-state index in [4.69, 9.17) is 4.52 Å². The Morgan fingerprint density at radius 1 is 1.05 bits per heavy atom. The van der Waals surface area contributed by atoms with Crippen molar-refractivity contribution in [3.8, 4) is 11.5 Å². The first-order chi connectivity index (χ1) is 10.0. The van der Waals surface area contributed by atoms with Crippen molar-refractivity contribution in [3.05, 3.63) is 42.3 Å². The molecule has 0 amide bonds. The van der Waals surface area contributed by atoms with Crippen molar-refractivity contribution in [3.63, 3.8) is 0 Å². The molecule has 0 aliphatic heterocycles. The second kappa shape index (κ2) is 5.26. The van der Waals surface area contributed by atoms with Crippen molar-refractivity contribution in [1.29, 1.82) is 0 Å². The summed E-state index contributed by atoms with van der Waals surface area (Å²) in [7, 11) is 0. The summed E-state index contributed by atoms with van der Waals surface area (Å²) in [6, 6.07) is 11.9. The van der Waals surface area contributed by atoms with Crippen LogP contribution in [0, 0.1) is 0 Å². The normalized spacial score (nSPS) is 12.0. The number of hydrogen-bond donors (Lipinski definition) is 1. The maximum absolute atomic E-state index is 5.26. The van der Waals surface area contributed by atoms with Crippen molar-refractivity contribution in [2.45, 2.75) is 32.9 Å². The third-order valence-electron chi connectivity index (χ3n) is 3.07. The Kier molecular flexibility index (Phi) is 3.43. The molecule has 108 valence electrons. The third kappa shape index (κ3) is 3.25. The van der Waals surface area contributed by atoms with Crippen LogP contribution < -0.4 is 5.32 Å². The molecule has 21 heavy (non-hydrogen) atoms. The van der Waals surface area contributed by atoms with Crippen molar-refractivity contribution in [1.82, 2.24) is 20.4 Å². The third-order valence-corrected chi connectivity index (χ3v) is 3.07. The Morgan fingerprint density at radius 2 is 1.86 bits per heavy atom. The summed E-state index contributed by atoms with van der Waals surface area (Å²) in [5.41, 5.74) is 1.66. The lowest BCUT2D eigenvalue weighted by Crippen LogP contribution is -2.35. The first-order valence-electron chi connectivity index (χ1n) is 6.95. The van der Waals surface area contributed by atoms with E-state index in [1.54, 1.807) is 0 Å².